The van der Waals surface area contributed by atoms with Crippen LogP contribution in [0.25, 0.3) is 11.1 Å². The molecule has 0 saturated heterocycles. The van der Waals surface area contributed by atoms with Crippen molar-refractivity contribution in [3.63, 3.8) is 0 Å². The highest BCUT2D eigenvalue weighted by Gasteiger charge is 2.17. The molecule has 0 aliphatic carbocycles. The van der Waals surface area contributed by atoms with Crippen LogP contribution in [0, 0.1) is 11.6 Å². The summed E-state index contributed by atoms with van der Waals surface area (Å²) >= 11 is 5.74. The first-order valence-corrected chi connectivity index (χ1v) is 5.60. The quantitative estimate of drug-likeness (QED) is 0.626. The number of esters is 1. The van der Waals surface area contributed by atoms with Gasteiger partial charge in [0.25, 0.3) is 0 Å². The van der Waals surface area contributed by atoms with Crippen molar-refractivity contribution in [2.75, 3.05) is 7.11 Å². The lowest BCUT2D eigenvalue weighted by molar-refractivity contribution is 0.0600. The van der Waals surface area contributed by atoms with E-state index in [2.05, 4.69) is 9.72 Å². The van der Waals surface area contributed by atoms with Crippen LogP contribution >= 0.6 is 11.6 Å². The molecule has 2 aromatic rings. The minimum Gasteiger partial charge on any atom is -0.465 e. The fourth-order valence-corrected chi connectivity index (χ4v) is 1.79. The SMILES string of the molecule is COC(=O)c1cc(-c2c(F)cccc2F)cnc1Cl. The van der Waals surface area contributed by atoms with Gasteiger partial charge in [-0.15, -0.1) is 0 Å². The summed E-state index contributed by atoms with van der Waals surface area (Å²) in [5, 5.41) is -0.0904. The van der Waals surface area contributed by atoms with Gasteiger partial charge in [0.1, 0.15) is 16.8 Å². The van der Waals surface area contributed by atoms with Crippen molar-refractivity contribution in [1.29, 1.82) is 0 Å². The number of hydrogen-bond acceptors (Lipinski definition) is 3. The number of pyridine rings is 1. The van der Waals surface area contributed by atoms with Crippen molar-refractivity contribution in [3.05, 3.63) is 52.8 Å². The Labute approximate surface area is 112 Å². The number of ether oxygens (including phenoxy) is 1. The van der Waals surface area contributed by atoms with Crippen molar-refractivity contribution in [3.8, 4) is 11.1 Å². The number of carbonyl (C=O) groups is 1. The Bertz CT molecular complexity index is 626. The van der Waals surface area contributed by atoms with Gasteiger partial charge in [-0.3, -0.25) is 0 Å². The molecule has 1 heterocycles. The van der Waals surface area contributed by atoms with Crippen LogP contribution < -0.4 is 0 Å². The van der Waals surface area contributed by atoms with Gasteiger partial charge in [0.05, 0.1) is 18.2 Å². The van der Waals surface area contributed by atoms with Crippen LogP contribution in [0.1, 0.15) is 10.4 Å². The van der Waals surface area contributed by atoms with E-state index in [0.717, 1.165) is 12.1 Å². The van der Waals surface area contributed by atoms with E-state index < -0.39 is 17.6 Å². The average Bonchev–Trinajstić information content (AvgIpc) is 2.39. The minimum absolute atomic E-state index is 0.0516. The number of carbonyl (C=O) groups excluding carboxylic acids is 1. The molecule has 0 radical (unpaired) electrons. The molecule has 3 nitrogen and oxygen atoms in total. The van der Waals surface area contributed by atoms with Gasteiger partial charge in [0.15, 0.2) is 0 Å². The van der Waals surface area contributed by atoms with Crippen molar-refractivity contribution >= 4 is 17.6 Å². The number of hydrogen-bond donors (Lipinski definition) is 0. The Hall–Kier alpha value is -2.01. The topological polar surface area (TPSA) is 39.2 Å². The van der Waals surface area contributed by atoms with Crippen molar-refractivity contribution < 1.29 is 18.3 Å². The molecule has 6 heteroatoms. The van der Waals surface area contributed by atoms with Gasteiger partial charge >= 0.3 is 5.97 Å². The summed E-state index contributed by atoms with van der Waals surface area (Å²) in [5.41, 5.74) is -0.207. The molecule has 0 N–H and O–H groups in total. The fourth-order valence-electron chi connectivity index (χ4n) is 1.61. The molecule has 1 aromatic heterocycles. The number of aromatic nitrogens is 1. The Morgan fingerprint density at radius 2 is 1.95 bits per heavy atom. The normalized spacial score (nSPS) is 10.3. The molecule has 19 heavy (non-hydrogen) atoms. The Kier molecular flexibility index (Phi) is 3.76. The second kappa shape index (κ2) is 5.32. The van der Waals surface area contributed by atoms with Gasteiger partial charge in [-0.05, 0) is 18.2 Å². The van der Waals surface area contributed by atoms with E-state index >= 15 is 0 Å². The highest BCUT2D eigenvalue weighted by molar-refractivity contribution is 6.32. The van der Waals surface area contributed by atoms with Crippen LogP contribution in [0.2, 0.25) is 5.15 Å². The van der Waals surface area contributed by atoms with E-state index in [1.54, 1.807) is 0 Å². The monoisotopic (exact) mass is 283 g/mol. The third-order valence-electron chi connectivity index (χ3n) is 2.50. The van der Waals surface area contributed by atoms with E-state index in [1.165, 1.54) is 25.4 Å². The van der Waals surface area contributed by atoms with Gasteiger partial charge in [-0.1, -0.05) is 17.7 Å². The molecular weight excluding hydrogens is 276 g/mol. The summed E-state index contributed by atoms with van der Waals surface area (Å²) in [7, 11) is 1.18. The fraction of sp³-hybridized carbons (Fsp3) is 0.0769. The highest BCUT2D eigenvalue weighted by Crippen LogP contribution is 2.28. The van der Waals surface area contributed by atoms with Gasteiger partial charge in [0.2, 0.25) is 0 Å². The van der Waals surface area contributed by atoms with Crippen LogP contribution in [0.5, 0.6) is 0 Å². The van der Waals surface area contributed by atoms with Crippen molar-refractivity contribution in [2.45, 2.75) is 0 Å². The minimum atomic E-state index is -0.750. The summed E-state index contributed by atoms with van der Waals surface area (Å²) < 4.78 is 31.8. The maximum absolute atomic E-state index is 13.6. The third-order valence-corrected chi connectivity index (χ3v) is 2.80. The summed E-state index contributed by atoms with van der Waals surface area (Å²) in [4.78, 5) is 15.2. The summed E-state index contributed by atoms with van der Waals surface area (Å²) in [6.45, 7) is 0. The van der Waals surface area contributed by atoms with E-state index in [0.29, 0.717) is 0 Å². The molecule has 0 aliphatic rings. The predicted octanol–water partition coefficient (Wildman–Crippen LogP) is 3.47. The first-order valence-electron chi connectivity index (χ1n) is 5.23. The molecule has 0 atom stereocenters. The number of benzene rings is 1. The van der Waals surface area contributed by atoms with Gasteiger partial charge in [-0.2, -0.15) is 0 Å². The van der Waals surface area contributed by atoms with Gasteiger partial charge < -0.3 is 4.74 Å². The molecule has 0 spiro atoms. The zero-order valence-electron chi connectivity index (χ0n) is 9.78. The number of methoxy groups -OCH3 is 1. The average molecular weight is 284 g/mol. The third kappa shape index (κ3) is 2.56. The molecular formula is C13H8ClF2NO2. The van der Waals surface area contributed by atoms with Crippen LogP contribution in [-0.4, -0.2) is 18.1 Å². The van der Waals surface area contributed by atoms with Crippen LogP contribution in [-0.2, 0) is 4.74 Å². The van der Waals surface area contributed by atoms with E-state index in [4.69, 9.17) is 11.6 Å². The van der Waals surface area contributed by atoms with Gasteiger partial charge in [-0.25, -0.2) is 18.6 Å². The molecule has 0 amide bonds. The molecule has 0 unspecified atom stereocenters. The van der Waals surface area contributed by atoms with Gasteiger partial charge in [0, 0.05) is 11.8 Å². The van der Waals surface area contributed by atoms with E-state index in [-0.39, 0.29) is 21.8 Å². The van der Waals surface area contributed by atoms with Crippen molar-refractivity contribution in [1.82, 2.24) is 4.98 Å². The zero-order valence-corrected chi connectivity index (χ0v) is 10.5. The number of halogens is 3. The zero-order chi connectivity index (χ0) is 14.0. The molecule has 0 bridgehead atoms. The van der Waals surface area contributed by atoms with E-state index in [9.17, 15) is 13.6 Å². The van der Waals surface area contributed by atoms with Crippen LogP contribution in [0.3, 0.4) is 0 Å². The molecule has 1 aromatic carbocycles. The Balaban J connectivity index is 2.61. The maximum atomic E-state index is 13.6. The standard InChI is InChI=1S/C13H8ClF2NO2/c1-19-13(18)8-5-7(6-17-12(8)14)11-9(15)3-2-4-10(11)16/h2-6H,1H3. The lowest BCUT2D eigenvalue weighted by atomic mass is 10.0. The molecule has 2 rings (SSSR count). The smallest absolute Gasteiger partial charge is 0.341 e. The Morgan fingerprint density at radius 1 is 1.32 bits per heavy atom. The first-order chi connectivity index (χ1) is 9.04. The largest absolute Gasteiger partial charge is 0.465 e. The molecule has 0 aliphatic heterocycles. The highest BCUT2D eigenvalue weighted by atomic mass is 35.5. The van der Waals surface area contributed by atoms with Crippen LogP contribution in [0.15, 0.2) is 30.5 Å². The summed E-state index contributed by atoms with van der Waals surface area (Å²) in [6.07, 6.45) is 1.19. The Morgan fingerprint density at radius 3 is 2.53 bits per heavy atom. The van der Waals surface area contributed by atoms with Crippen LogP contribution in [0.4, 0.5) is 8.78 Å². The second-order valence-electron chi connectivity index (χ2n) is 3.65. The number of nitrogens with zero attached hydrogens (tertiary/aromatic N) is 1. The lowest BCUT2D eigenvalue weighted by Gasteiger charge is -2.07. The van der Waals surface area contributed by atoms with Crippen molar-refractivity contribution in [2.24, 2.45) is 0 Å². The number of rotatable bonds is 2. The first kappa shape index (κ1) is 13.4. The molecule has 98 valence electrons. The maximum Gasteiger partial charge on any atom is 0.341 e. The second-order valence-corrected chi connectivity index (χ2v) is 4.01. The predicted molar refractivity (Wildman–Crippen MR) is 65.9 cm³/mol. The molecule has 0 fully saturated rings. The van der Waals surface area contributed by atoms with E-state index in [1.807, 2.05) is 0 Å². The molecule has 0 saturated carbocycles. The lowest BCUT2D eigenvalue weighted by Crippen LogP contribution is -2.04. The summed E-state index contributed by atoms with van der Waals surface area (Å²) in [5.74, 6) is -2.23. The summed E-state index contributed by atoms with van der Waals surface area (Å²) in [6, 6.07) is 4.72.